The first-order valence-electron chi connectivity index (χ1n) is 7.63. The van der Waals surface area contributed by atoms with Gasteiger partial charge in [0.25, 0.3) is 0 Å². The molecule has 140 valence electrons. The molecular weight excluding hydrogens is 326 g/mol. The van der Waals surface area contributed by atoms with Crippen molar-refractivity contribution in [1.29, 1.82) is 0 Å². The van der Waals surface area contributed by atoms with Crippen LogP contribution in [0.3, 0.4) is 0 Å². The van der Waals surface area contributed by atoms with Gasteiger partial charge in [0.2, 0.25) is 0 Å². The maximum atomic E-state index is 9.99. The molecule has 8 N–H and O–H groups in total. The molecule has 1 aliphatic heterocycles. The maximum absolute atomic E-state index is 9.99. The summed E-state index contributed by atoms with van der Waals surface area (Å²) in [6.07, 6.45) is -9.14. The minimum atomic E-state index is -1.48. The van der Waals surface area contributed by atoms with Gasteiger partial charge in [-0.15, -0.1) is 0 Å². The first-order chi connectivity index (χ1) is 11.3. The molecule has 0 bridgehead atoms. The van der Waals surface area contributed by atoms with Gasteiger partial charge in [0, 0.05) is 13.7 Å². The van der Waals surface area contributed by atoms with E-state index in [1.807, 2.05) is 0 Å². The Labute approximate surface area is 138 Å². The Morgan fingerprint density at radius 3 is 2.25 bits per heavy atom. The van der Waals surface area contributed by atoms with E-state index in [2.05, 4.69) is 5.32 Å². The molecule has 2 aliphatic rings. The normalized spacial score (nSPS) is 46.7. The molecule has 0 aromatic rings. The van der Waals surface area contributed by atoms with Gasteiger partial charge >= 0.3 is 0 Å². The lowest BCUT2D eigenvalue weighted by Gasteiger charge is -2.41. The zero-order valence-electron chi connectivity index (χ0n) is 13.1. The first-order valence-corrected chi connectivity index (χ1v) is 7.63. The first kappa shape index (κ1) is 19.7. The van der Waals surface area contributed by atoms with Crippen LogP contribution < -0.4 is 5.32 Å². The molecule has 0 amide bonds. The summed E-state index contributed by atoms with van der Waals surface area (Å²) in [5.41, 5.74) is 0.153. The molecule has 1 fully saturated rings. The third-order valence-electron chi connectivity index (χ3n) is 4.45. The molecule has 0 aromatic heterocycles. The van der Waals surface area contributed by atoms with Crippen LogP contribution in [0.4, 0.5) is 0 Å². The van der Waals surface area contributed by atoms with Crippen molar-refractivity contribution in [2.45, 2.75) is 55.1 Å². The van der Waals surface area contributed by atoms with Crippen molar-refractivity contribution in [3.8, 4) is 0 Å². The Morgan fingerprint density at radius 2 is 1.67 bits per heavy atom. The van der Waals surface area contributed by atoms with Gasteiger partial charge in [-0.25, -0.2) is 0 Å². The van der Waals surface area contributed by atoms with E-state index >= 15 is 0 Å². The maximum Gasteiger partial charge on any atom is 0.186 e. The summed E-state index contributed by atoms with van der Waals surface area (Å²) >= 11 is 0. The Bertz CT molecular complexity index is 446. The lowest BCUT2D eigenvalue weighted by Crippen LogP contribution is -2.62. The summed E-state index contributed by atoms with van der Waals surface area (Å²) in [6, 6.07) is -0.814. The van der Waals surface area contributed by atoms with Crippen molar-refractivity contribution in [1.82, 2.24) is 5.32 Å². The summed E-state index contributed by atoms with van der Waals surface area (Å²) in [5.74, 6) is 0. The number of methoxy groups -OCH3 is 1. The molecule has 0 spiro atoms. The van der Waals surface area contributed by atoms with Gasteiger partial charge in [0.1, 0.15) is 42.7 Å². The molecule has 24 heavy (non-hydrogen) atoms. The van der Waals surface area contributed by atoms with Crippen molar-refractivity contribution in [3.63, 3.8) is 0 Å². The van der Waals surface area contributed by atoms with E-state index in [9.17, 15) is 35.7 Å². The number of aliphatic hydroxyl groups is 7. The van der Waals surface area contributed by atoms with Crippen LogP contribution in [-0.2, 0) is 9.47 Å². The SMILES string of the molecule is CO[C@H]1O[C@H](CN[C@@H]2C=C(CO)[C@@H](O)[C@H](O)[C@H]2O)[C@@H](O)[C@H](O)[C@H]1O. The predicted molar refractivity (Wildman–Crippen MR) is 78.7 cm³/mol. The van der Waals surface area contributed by atoms with Gasteiger partial charge in [-0.2, -0.15) is 0 Å². The molecule has 0 saturated carbocycles. The molecule has 9 atom stereocenters. The van der Waals surface area contributed by atoms with Gasteiger partial charge in [-0.1, -0.05) is 6.08 Å². The fourth-order valence-corrected chi connectivity index (χ4v) is 2.90. The number of hydrogen-bond acceptors (Lipinski definition) is 10. The van der Waals surface area contributed by atoms with Crippen LogP contribution in [-0.4, -0.2) is 111 Å². The largest absolute Gasteiger partial charge is 0.392 e. The molecule has 0 unspecified atom stereocenters. The average molecular weight is 351 g/mol. The van der Waals surface area contributed by atoms with Crippen LogP contribution in [0.25, 0.3) is 0 Å². The Hall–Kier alpha value is -0.660. The zero-order valence-corrected chi connectivity index (χ0v) is 13.1. The van der Waals surface area contributed by atoms with E-state index in [1.165, 1.54) is 13.2 Å². The zero-order chi connectivity index (χ0) is 18.0. The summed E-state index contributed by atoms with van der Waals surface area (Å²) in [6.45, 7) is -0.535. The molecule has 0 radical (unpaired) electrons. The minimum absolute atomic E-state index is 0.0510. The predicted octanol–water partition coefficient (Wildman–Crippen LogP) is -4.59. The van der Waals surface area contributed by atoms with E-state index in [1.54, 1.807) is 0 Å². The van der Waals surface area contributed by atoms with Gasteiger partial charge in [-0.3, -0.25) is 0 Å². The van der Waals surface area contributed by atoms with Crippen molar-refractivity contribution >= 4 is 0 Å². The van der Waals surface area contributed by atoms with Crippen molar-refractivity contribution in [3.05, 3.63) is 11.6 Å². The fourth-order valence-electron chi connectivity index (χ4n) is 2.90. The smallest absolute Gasteiger partial charge is 0.186 e. The summed E-state index contributed by atoms with van der Waals surface area (Å²) in [4.78, 5) is 0. The highest BCUT2D eigenvalue weighted by Gasteiger charge is 2.44. The quantitative estimate of drug-likeness (QED) is 0.225. The van der Waals surface area contributed by atoms with E-state index in [0.29, 0.717) is 0 Å². The average Bonchev–Trinajstić information content (AvgIpc) is 2.58. The summed E-state index contributed by atoms with van der Waals surface area (Å²) < 4.78 is 10.2. The van der Waals surface area contributed by atoms with E-state index in [-0.39, 0.29) is 12.1 Å². The molecule has 10 heteroatoms. The highest BCUT2D eigenvalue weighted by molar-refractivity contribution is 5.21. The Morgan fingerprint density at radius 1 is 1.00 bits per heavy atom. The highest BCUT2D eigenvalue weighted by atomic mass is 16.7. The minimum Gasteiger partial charge on any atom is -0.392 e. The standard InChI is InChI=1S/C14H25NO9/c1-23-14-13(22)12(21)10(19)7(24-14)3-15-6-2-5(4-16)8(17)11(20)9(6)18/h2,6-22H,3-4H2,1H3/t6-,7-,8-,9+,10-,11+,12+,13-,14+/m1/s1. The van der Waals surface area contributed by atoms with Crippen molar-refractivity contribution < 1.29 is 45.2 Å². The Balaban J connectivity index is 2.02. The summed E-state index contributed by atoms with van der Waals surface area (Å²) in [5, 5.41) is 71.0. The van der Waals surface area contributed by atoms with Crippen molar-refractivity contribution in [2.75, 3.05) is 20.3 Å². The third-order valence-corrected chi connectivity index (χ3v) is 4.45. The third kappa shape index (κ3) is 3.78. The van der Waals surface area contributed by atoms with Crippen LogP contribution in [0.1, 0.15) is 0 Å². The number of nitrogens with one attached hydrogen (secondary N) is 1. The molecule has 1 heterocycles. The molecule has 10 nitrogen and oxygen atoms in total. The van der Waals surface area contributed by atoms with Gasteiger partial charge < -0.3 is 50.5 Å². The number of rotatable bonds is 5. The van der Waals surface area contributed by atoms with E-state index in [0.717, 1.165) is 0 Å². The van der Waals surface area contributed by atoms with Crippen LogP contribution in [0.15, 0.2) is 11.6 Å². The van der Waals surface area contributed by atoms with Crippen LogP contribution in [0.5, 0.6) is 0 Å². The monoisotopic (exact) mass is 351 g/mol. The lowest BCUT2D eigenvalue weighted by atomic mass is 9.88. The molecule has 1 saturated heterocycles. The van der Waals surface area contributed by atoms with Crippen LogP contribution in [0, 0.1) is 0 Å². The van der Waals surface area contributed by atoms with Crippen LogP contribution >= 0.6 is 0 Å². The second kappa shape index (κ2) is 8.15. The second-order valence-corrected chi connectivity index (χ2v) is 6.01. The molecule has 2 rings (SSSR count). The highest BCUT2D eigenvalue weighted by Crippen LogP contribution is 2.23. The summed E-state index contributed by atoms with van der Waals surface area (Å²) in [7, 11) is 1.28. The number of aliphatic hydroxyl groups excluding tert-OH is 7. The Kier molecular flexibility index (Phi) is 6.67. The van der Waals surface area contributed by atoms with Crippen molar-refractivity contribution in [2.24, 2.45) is 0 Å². The van der Waals surface area contributed by atoms with Gasteiger partial charge in [0.15, 0.2) is 6.29 Å². The fraction of sp³-hybridized carbons (Fsp3) is 0.857. The van der Waals surface area contributed by atoms with Gasteiger partial charge in [0.05, 0.1) is 12.6 Å². The van der Waals surface area contributed by atoms with Crippen LogP contribution in [0.2, 0.25) is 0 Å². The topological polar surface area (TPSA) is 172 Å². The number of hydrogen-bond donors (Lipinski definition) is 8. The second-order valence-electron chi connectivity index (χ2n) is 6.01. The molecule has 0 aromatic carbocycles. The van der Waals surface area contributed by atoms with Gasteiger partial charge in [-0.05, 0) is 5.57 Å². The lowest BCUT2D eigenvalue weighted by molar-refractivity contribution is -0.288. The molecular formula is C14H25NO9. The number of ether oxygens (including phenoxy) is 2. The van der Waals surface area contributed by atoms with E-state index < -0.39 is 61.7 Å². The van der Waals surface area contributed by atoms with E-state index in [4.69, 9.17) is 9.47 Å². The molecule has 1 aliphatic carbocycles.